The number of rotatable bonds is 7. The summed E-state index contributed by atoms with van der Waals surface area (Å²) in [7, 11) is 0. The zero-order valence-corrected chi connectivity index (χ0v) is 14.8. The highest BCUT2D eigenvalue weighted by Crippen LogP contribution is 2.23. The van der Waals surface area contributed by atoms with Crippen molar-refractivity contribution in [1.29, 1.82) is 0 Å². The Hall–Kier alpha value is -3.05. The van der Waals surface area contributed by atoms with Gasteiger partial charge in [-0.2, -0.15) is 0 Å². The second kappa shape index (κ2) is 8.87. The Kier molecular flexibility index (Phi) is 6.06. The topological polar surface area (TPSA) is 56.1 Å². The molecule has 0 unspecified atom stereocenters. The molecule has 6 heteroatoms. The van der Waals surface area contributed by atoms with Crippen LogP contribution in [0.1, 0.15) is 5.56 Å². The summed E-state index contributed by atoms with van der Waals surface area (Å²) in [5.41, 5.74) is 1.48. The third-order valence-electron chi connectivity index (χ3n) is 3.59. The van der Waals surface area contributed by atoms with Crippen LogP contribution >= 0.6 is 11.6 Å². The van der Waals surface area contributed by atoms with Crippen LogP contribution < -0.4 is 10.1 Å². The van der Waals surface area contributed by atoms with Gasteiger partial charge in [0.15, 0.2) is 0 Å². The van der Waals surface area contributed by atoms with E-state index in [1.807, 2.05) is 41.1 Å². The molecule has 1 aromatic heterocycles. The van der Waals surface area contributed by atoms with Crippen molar-refractivity contribution in [1.82, 2.24) is 9.55 Å². The third kappa shape index (κ3) is 5.22. The zero-order chi connectivity index (χ0) is 18.2. The standard InChI is InChI=1S/C20H18ClN3O2/c21-17-5-3-4-16(14-17)8-9-20(25)23-18-6-1-2-7-19(18)26-13-12-24-11-10-22-15-24/h1-11,14-15H,12-13H2,(H,23,25)/b9-8+. The summed E-state index contributed by atoms with van der Waals surface area (Å²) in [5, 5.41) is 3.47. The Morgan fingerprint density at radius 2 is 2.12 bits per heavy atom. The lowest BCUT2D eigenvalue weighted by Crippen LogP contribution is -2.11. The first-order valence-corrected chi connectivity index (χ1v) is 8.51. The van der Waals surface area contributed by atoms with Gasteiger partial charge in [0.2, 0.25) is 5.91 Å². The van der Waals surface area contributed by atoms with Gasteiger partial charge in [-0.1, -0.05) is 35.9 Å². The molecular weight excluding hydrogens is 350 g/mol. The van der Waals surface area contributed by atoms with Crippen LogP contribution in [0.3, 0.4) is 0 Å². The van der Waals surface area contributed by atoms with E-state index in [0.29, 0.717) is 29.6 Å². The number of nitrogens with zero attached hydrogens (tertiary/aromatic N) is 2. The number of hydrogen-bond donors (Lipinski definition) is 1. The molecule has 0 aliphatic carbocycles. The summed E-state index contributed by atoms with van der Waals surface area (Å²) in [6, 6.07) is 14.6. The van der Waals surface area contributed by atoms with Crippen LogP contribution in [0.25, 0.3) is 6.08 Å². The Balaban J connectivity index is 1.59. The maximum atomic E-state index is 12.2. The first-order valence-electron chi connectivity index (χ1n) is 8.13. The number of hydrogen-bond acceptors (Lipinski definition) is 3. The molecule has 0 saturated carbocycles. The van der Waals surface area contributed by atoms with Crippen LogP contribution in [0.4, 0.5) is 5.69 Å². The normalized spacial score (nSPS) is 10.8. The summed E-state index contributed by atoms with van der Waals surface area (Å²) in [6.07, 6.45) is 8.51. The van der Waals surface area contributed by atoms with Crippen molar-refractivity contribution in [2.45, 2.75) is 6.54 Å². The number of carbonyl (C=O) groups is 1. The van der Waals surface area contributed by atoms with E-state index < -0.39 is 0 Å². The van der Waals surface area contributed by atoms with E-state index >= 15 is 0 Å². The molecule has 132 valence electrons. The van der Waals surface area contributed by atoms with Gasteiger partial charge in [-0.3, -0.25) is 4.79 Å². The first-order chi connectivity index (χ1) is 12.7. The SMILES string of the molecule is O=C(/C=C/c1cccc(Cl)c1)Nc1ccccc1OCCn1ccnc1. The van der Waals surface area contributed by atoms with Crippen LogP contribution in [-0.4, -0.2) is 22.1 Å². The van der Waals surface area contributed by atoms with Crippen molar-refractivity contribution >= 4 is 29.3 Å². The number of benzene rings is 2. The molecule has 0 fully saturated rings. The highest BCUT2D eigenvalue weighted by Gasteiger charge is 2.05. The zero-order valence-electron chi connectivity index (χ0n) is 14.0. The fourth-order valence-corrected chi connectivity index (χ4v) is 2.53. The third-order valence-corrected chi connectivity index (χ3v) is 3.82. The van der Waals surface area contributed by atoms with E-state index in [-0.39, 0.29) is 5.91 Å². The summed E-state index contributed by atoms with van der Waals surface area (Å²) in [5.74, 6) is 0.382. The molecule has 0 spiro atoms. The van der Waals surface area contributed by atoms with Crippen LogP contribution in [0.5, 0.6) is 5.75 Å². The van der Waals surface area contributed by atoms with Gasteiger partial charge in [0, 0.05) is 23.5 Å². The van der Waals surface area contributed by atoms with E-state index in [1.165, 1.54) is 6.08 Å². The molecular formula is C20H18ClN3O2. The molecule has 0 aliphatic rings. The van der Waals surface area contributed by atoms with Crippen LogP contribution in [0.15, 0.2) is 73.3 Å². The molecule has 1 amide bonds. The van der Waals surface area contributed by atoms with Gasteiger partial charge in [-0.25, -0.2) is 4.98 Å². The van der Waals surface area contributed by atoms with Crippen molar-refractivity contribution in [3.05, 3.63) is 83.9 Å². The quantitative estimate of drug-likeness (QED) is 0.634. The Morgan fingerprint density at radius 1 is 1.23 bits per heavy atom. The largest absolute Gasteiger partial charge is 0.490 e. The molecule has 0 saturated heterocycles. The fourth-order valence-electron chi connectivity index (χ4n) is 2.33. The van der Waals surface area contributed by atoms with E-state index in [2.05, 4.69) is 10.3 Å². The predicted octanol–water partition coefficient (Wildman–Crippen LogP) is 4.27. The van der Waals surface area contributed by atoms with Crippen molar-refractivity contribution in [2.24, 2.45) is 0 Å². The second-order valence-corrected chi connectivity index (χ2v) is 5.96. The van der Waals surface area contributed by atoms with Crippen molar-refractivity contribution in [3.8, 4) is 5.75 Å². The van der Waals surface area contributed by atoms with Crippen LogP contribution in [-0.2, 0) is 11.3 Å². The van der Waals surface area contributed by atoms with Gasteiger partial charge < -0.3 is 14.6 Å². The van der Waals surface area contributed by atoms with Gasteiger partial charge in [-0.05, 0) is 35.9 Å². The number of halogens is 1. The maximum Gasteiger partial charge on any atom is 0.248 e. The number of anilines is 1. The highest BCUT2D eigenvalue weighted by molar-refractivity contribution is 6.30. The van der Waals surface area contributed by atoms with Gasteiger partial charge in [0.1, 0.15) is 12.4 Å². The van der Waals surface area contributed by atoms with E-state index in [9.17, 15) is 4.79 Å². The summed E-state index contributed by atoms with van der Waals surface area (Å²) in [6.45, 7) is 1.15. The minimum atomic E-state index is -0.240. The van der Waals surface area contributed by atoms with E-state index in [4.69, 9.17) is 16.3 Å². The van der Waals surface area contributed by atoms with E-state index in [0.717, 1.165) is 5.56 Å². The lowest BCUT2D eigenvalue weighted by molar-refractivity contribution is -0.111. The number of aromatic nitrogens is 2. The van der Waals surface area contributed by atoms with Gasteiger partial charge in [0.05, 0.1) is 18.6 Å². The van der Waals surface area contributed by atoms with Crippen LogP contribution in [0.2, 0.25) is 5.02 Å². The summed E-state index contributed by atoms with van der Waals surface area (Å²) < 4.78 is 7.71. The molecule has 3 rings (SSSR count). The smallest absolute Gasteiger partial charge is 0.248 e. The number of ether oxygens (including phenoxy) is 1. The highest BCUT2D eigenvalue weighted by atomic mass is 35.5. The second-order valence-electron chi connectivity index (χ2n) is 5.52. The lowest BCUT2D eigenvalue weighted by atomic mass is 10.2. The lowest BCUT2D eigenvalue weighted by Gasteiger charge is -2.11. The number of carbonyl (C=O) groups excluding carboxylic acids is 1. The molecule has 0 aliphatic heterocycles. The molecule has 0 atom stereocenters. The first kappa shape index (κ1) is 17.8. The summed E-state index contributed by atoms with van der Waals surface area (Å²) >= 11 is 5.94. The Labute approximate surface area is 156 Å². The minimum Gasteiger partial charge on any atom is -0.490 e. The molecule has 2 aromatic carbocycles. The number of amides is 1. The molecule has 26 heavy (non-hydrogen) atoms. The van der Waals surface area contributed by atoms with E-state index in [1.54, 1.807) is 36.8 Å². The Bertz CT molecular complexity index is 892. The van der Waals surface area contributed by atoms with Crippen molar-refractivity contribution < 1.29 is 9.53 Å². The number of imidazole rings is 1. The molecule has 1 N–H and O–H groups in total. The van der Waals surface area contributed by atoms with Gasteiger partial charge >= 0.3 is 0 Å². The number of nitrogens with one attached hydrogen (secondary N) is 1. The van der Waals surface area contributed by atoms with Crippen molar-refractivity contribution in [2.75, 3.05) is 11.9 Å². The molecule has 1 heterocycles. The molecule has 0 bridgehead atoms. The molecule has 0 radical (unpaired) electrons. The minimum absolute atomic E-state index is 0.240. The van der Waals surface area contributed by atoms with Gasteiger partial charge in [0.25, 0.3) is 0 Å². The van der Waals surface area contributed by atoms with Gasteiger partial charge in [-0.15, -0.1) is 0 Å². The fraction of sp³-hybridized carbons (Fsp3) is 0.100. The molecule has 3 aromatic rings. The van der Waals surface area contributed by atoms with Crippen molar-refractivity contribution in [3.63, 3.8) is 0 Å². The Morgan fingerprint density at radius 3 is 2.92 bits per heavy atom. The van der Waals surface area contributed by atoms with Crippen LogP contribution in [0, 0.1) is 0 Å². The average molecular weight is 368 g/mol. The maximum absolute atomic E-state index is 12.2. The summed E-state index contributed by atoms with van der Waals surface area (Å²) in [4.78, 5) is 16.2. The average Bonchev–Trinajstić information content (AvgIpc) is 3.15. The predicted molar refractivity (Wildman–Crippen MR) is 103 cm³/mol. The monoisotopic (exact) mass is 367 g/mol. The number of para-hydroxylation sites is 2. The molecule has 5 nitrogen and oxygen atoms in total.